The molecule has 132 valence electrons. The molecule has 0 heterocycles. The third-order valence-corrected chi connectivity index (χ3v) is 4.35. The molecular weight excluding hydrogens is 342 g/mol. The molecule has 0 bridgehead atoms. The molecule has 3 N–H and O–H groups in total. The fourth-order valence-corrected chi connectivity index (χ4v) is 2.39. The number of ether oxygens (including phenoxy) is 1. The molecule has 23 heavy (non-hydrogen) atoms. The van der Waals surface area contributed by atoms with E-state index in [1.807, 2.05) is 6.92 Å². The fourth-order valence-electron chi connectivity index (χ4n) is 1.87. The van der Waals surface area contributed by atoms with Crippen LogP contribution in [0.25, 0.3) is 0 Å². The van der Waals surface area contributed by atoms with Crippen LogP contribution in [0.4, 0.5) is 0 Å². The summed E-state index contributed by atoms with van der Waals surface area (Å²) in [5.41, 5.74) is 0.833. The maximum absolute atomic E-state index is 12.1. The minimum atomic E-state index is -3.70. The highest BCUT2D eigenvalue weighted by atomic mass is 35.5. The van der Waals surface area contributed by atoms with Gasteiger partial charge < -0.3 is 15.0 Å². The molecule has 0 aromatic heterocycles. The largest absolute Gasteiger partial charge is 0.383 e. The summed E-state index contributed by atoms with van der Waals surface area (Å²) in [7, 11) is -0.395. The van der Waals surface area contributed by atoms with Crippen molar-refractivity contribution in [3.63, 3.8) is 0 Å². The minimum absolute atomic E-state index is 0. The topological polar surface area (TPSA) is 102 Å². The fraction of sp³-hybridized carbons (Fsp3) is 0.500. The van der Waals surface area contributed by atoms with Crippen LogP contribution in [-0.4, -0.2) is 53.1 Å². The number of halogens is 1. The van der Waals surface area contributed by atoms with Gasteiger partial charge in [0.05, 0.1) is 24.1 Å². The van der Waals surface area contributed by atoms with E-state index in [0.717, 1.165) is 5.56 Å². The van der Waals surface area contributed by atoms with Crippen molar-refractivity contribution in [2.75, 3.05) is 33.9 Å². The quantitative estimate of drug-likeness (QED) is 0.653. The average Bonchev–Trinajstić information content (AvgIpc) is 2.49. The summed E-state index contributed by atoms with van der Waals surface area (Å²) in [4.78, 5) is 13.7. The van der Waals surface area contributed by atoms with Crippen molar-refractivity contribution in [2.45, 2.75) is 17.9 Å². The number of nitrogens with two attached hydrogens (primary N) is 1. The number of nitrogens with zero attached hydrogens (tertiary/aromatic N) is 1. The summed E-state index contributed by atoms with van der Waals surface area (Å²) in [6, 6.07) is 6.03. The number of nitrogens with one attached hydrogen (secondary N) is 1. The van der Waals surface area contributed by atoms with Crippen LogP contribution in [0.5, 0.6) is 0 Å². The molecule has 7 nitrogen and oxygen atoms in total. The van der Waals surface area contributed by atoms with Gasteiger partial charge in [-0.05, 0) is 24.6 Å². The van der Waals surface area contributed by atoms with Gasteiger partial charge in [-0.3, -0.25) is 4.79 Å². The van der Waals surface area contributed by atoms with Gasteiger partial charge in [0.15, 0.2) is 0 Å². The van der Waals surface area contributed by atoms with Crippen LogP contribution in [-0.2, 0) is 19.6 Å². The number of benzene rings is 1. The van der Waals surface area contributed by atoms with Crippen LogP contribution in [0.1, 0.15) is 18.5 Å². The van der Waals surface area contributed by atoms with E-state index < -0.39 is 10.0 Å². The lowest BCUT2D eigenvalue weighted by Gasteiger charge is -2.25. The Morgan fingerprint density at radius 2 is 1.91 bits per heavy atom. The Morgan fingerprint density at radius 1 is 1.35 bits per heavy atom. The average molecular weight is 366 g/mol. The third kappa shape index (κ3) is 6.84. The van der Waals surface area contributed by atoms with Gasteiger partial charge in [-0.15, -0.1) is 12.4 Å². The Balaban J connectivity index is 0.00000484. The van der Waals surface area contributed by atoms with Crippen LogP contribution < -0.4 is 10.5 Å². The maximum Gasteiger partial charge on any atom is 0.238 e. The molecule has 1 aromatic carbocycles. The molecule has 1 atom stereocenters. The van der Waals surface area contributed by atoms with Crippen LogP contribution in [0.2, 0.25) is 0 Å². The van der Waals surface area contributed by atoms with Gasteiger partial charge in [-0.1, -0.05) is 12.1 Å². The van der Waals surface area contributed by atoms with Gasteiger partial charge in [-0.2, -0.15) is 0 Å². The van der Waals surface area contributed by atoms with Crippen LogP contribution >= 0.6 is 12.4 Å². The number of primary sulfonamides is 1. The first-order valence-corrected chi connectivity index (χ1v) is 8.40. The van der Waals surface area contributed by atoms with E-state index in [4.69, 9.17) is 9.88 Å². The SMILES string of the molecule is COCCNCC(=O)N(C)C(C)c1ccc(S(N)(=O)=O)cc1.Cl. The Hall–Kier alpha value is -1.19. The number of sulfonamides is 1. The second-order valence-corrected chi connectivity index (χ2v) is 6.53. The monoisotopic (exact) mass is 365 g/mol. The first-order chi connectivity index (χ1) is 10.3. The predicted molar refractivity (Wildman–Crippen MR) is 91.0 cm³/mol. The van der Waals surface area contributed by atoms with Gasteiger partial charge in [0.2, 0.25) is 15.9 Å². The zero-order chi connectivity index (χ0) is 16.8. The van der Waals surface area contributed by atoms with Gasteiger partial charge >= 0.3 is 0 Å². The van der Waals surface area contributed by atoms with Crippen LogP contribution in [0, 0.1) is 0 Å². The lowest BCUT2D eigenvalue weighted by atomic mass is 10.1. The van der Waals surface area contributed by atoms with Crippen LogP contribution in [0.3, 0.4) is 0 Å². The highest BCUT2D eigenvalue weighted by molar-refractivity contribution is 7.89. The molecule has 0 fully saturated rings. The van der Waals surface area contributed by atoms with Crippen LogP contribution in [0.15, 0.2) is 29.2 Å². The predicted octanol–water partition coefficient (Wildman–Crippen LogP) is 0.511. The smallest absolute Gasteiger partial charge is 0.238 e. The lowest BCUT2D eigenvalue weighted by Crippen LogP contribution is -2.38. The normalized spacial score (nSPS) is 12.3. The maximum atomic E-state index is 12.1. The molecule has 0 spiro atoms. The molecule has 9 heteroatoms. The van der Waals surface area contributed by atoms with Gasteiger partial charge in [0.1, 0.15) is 0 Å². The first-order valence-electron chi connectivity index (χ1n) is 6.85. The standard InChI is InChI=1S/C14H23N3O4S.ClH/c1-11(17(2)14(18)10-16-8-9-21-3)12-4-6-13(7-5-12)22(15,19)20;/h4-7,11,16H,8-10H2,1-3H3,(H2,15,19,20);1H. The van der Waals surface area contributed by atoms with E-state index in [1.54, 1.807) is 31.2 Å². The molecule has 0 saturated heterocycles. The second kappa shape index (κ2) is 9.84. The number of methoxy groups -OCH3 is 1. The van der Waals surface area contributed by atoms with E-state index in [9.17, 15) is 13.2 Å². The number of carbonyl (C=O) groups is 1. The molecule has 1 rings (SSSR count). The highest BCUT2D eigenvalue weighted by Crippen LogP contribution is 2.20. The Labute approximate surface area is 143 Å². The molecule has 0 radical (unpaired) electrons. The summed E-state index contributed by atoms with van der Waals surface area (Å²) in [6.07, 6.45) is 0. The Bertz CT molecular complexity index is 593. The zero-order valence-corrected chi connectivity index (χ0v) is 15.1. The number of carbonyl (C=O) groups excluding carboxylic acids is 1. The van der Waals surface area contributed by atoms with Gasteiger partial charge in [0.25, 0.3) is 0 Å². The van der Waals surface area contributed by atoms with Gasteiger partial charge in [-0.25, -0.2) is 13.6 Å². The number of likely N-dealkylation sites (N-methyl/N-ethyl adjacent to an activating group) is 1. The van der Waals surface area contributed by atoms with Crippen molar-refractivity contribution in [3.05, 3.63) is 29.8 Å². The first kappa shape index (κ1) is 21.8. The summed E-state index contributed by atoms with van der Waals surface area (Å²) in [6.45, 7) is 3.24. The van der Waals surface area contributed by atoms with Crippen molar-refractivity contribution >= 4 is 28.3 Å². The summed E-state index contributed by atoms with van der Waals surface area (Å²) >= 11 is 0. The summed E-state index contributed by atoms with van der Waals surface area (Å²) in [5.74, 6) is -0.0564. The van der Waals surface area contributed by atoms with Crippen molar-refractivity contribution in [2.24, 2.45) is 5.14 Å². The number of amides is 1. The molecule has 1 aromatic rings. The number of hydrogen-bond donors (Lipinski definition) is 2. The van der Waals surface area contributed by atoms with E-state index in [2.05, 4.69) is 5.32 Å². The van der Waals surface area contributed by atoms with Crippen molar-refractivity contribution < 1.29 is 17.9 Å². The van der Waals surface area contributed by atoms with E-state index in [0.29, 0.717) is 13.2 Å². The number of hydrogen-bond acceptors (Lipinski definition) is 5. The molecule has 0 aliphatic rings. The summed E-state index contributed by atoms with van der Waals surface area (Å²) in [5, 5.41) is 8.05. The van der Waals surface area contributed by atoms with Gasteiger partial charge in [0, 0.05) is 20.7 Å². The molecular formula is C14H24ClN3O4S. The highest BCUT2D eigenvalue weighted by Gasteiger charge is 2.17. The van der Waals surface area contributed by atoms with E-state index in [-0.39, 0.29) is 35.8 Å². The van der Waals surface area contributed by atoms with E-state index >= 15 is 0 Å². The molecule has 1 amide bonds. The third-order valence-electron chi connectivity index (χ3n) is 3.42. The Morgan fingerprint density at radius 3 is 2.39 bits per heavy atom. The lowest BCUT2D eigenvalue weighted by molar-refractivity contribution is -0.130. The van der Waals surface area contributed by atoms with Crippen molar-refractivity contribution in [1.82, 2.24) is 10.2 Å². The zero-order valence-electron chi connectivity index (χ0n) is 13.5. The molecule has 1 unspecified atom stereocenters. The van der Waals surface area contributed by atoms with E-state index in [1.165, 1.54) is 12.1 Å². The number of rotatable bonds is 8. The molecule has 0 aliphatic heterocycles. The molecule has 0 aliphatic carbocycles. The summed E-state index contributed by atoms with van der Waals surface area (Å²) < 4.78 is 27.3. The van der Waals surface area contributed by atoms with Crippen molar-refractivity contribution in [3.8, 4) is 0 Å². The molecule has 0 saturated carbocycles. The van der Waals surface area contributed by atoms with Crippen molar-refractivity contribution in [1.29, 1.82) is 0 Å². The Kier molecular flexibility index (Phi) is 9.33. The second-order valence-electron chi connectivity index (χ2n) is 4.96. The minimum Gasteiger partial charge on any atom is -0.383 e.